The zero-order chi connectivity index (χ0) is 17.3. The number of thiophene rings is 1. The van der Waals surface area contributed by atoms with Crippen molar-refractivity contribution in [2.45, 2.75) is 45.2 Å². The number of carbonyl (C=O) groups is 1. The average Bonchev–Trinajstić information content (AvgIpc) is 2.91. The number of hydrogen-bond donors (Lipinski definition) is 1. The number of aromatic nitrogens is 2. The molecule has 130 valence electrons. The van der Waals surface area contributed by atoms with E-state index in [0.29, 0.717) is 29.9 Å². The van der Waals surface area contributed by atoms with E-state index >= 15 is 0 Å². The molecule has 1 amide bonds. The number of carbonyl (C=O) groups excluding carboxylic acids is 1. The highest BCUT2D eigenvalue weighted by molar-refractivity contribution is 7.99. The molecule has 0 aliphatic heterocycles. The zero-order valence-corrected chi connectivity index (χ0v) is 16.0. The molecule has 3 rings (SSSR count). The standard InChI is InChI=1S/C17H23N3O2S2/c1-4-20(5-2)13(21)9-23-17-18-15(22)14-11-7-6-10(3)8-12(11)24-16(14)19-17/h10H,4-9H2,1-3H3,(H,18,19,22)/t10-/m1/s1. The summed E-state index contributed by atoms with van der Waals surface area (Å²) in [6.07, 6.45) is 3.14. The highest BCUT2D eigenvalue weighted by Gasteiger charge is 2.23. The molecule has 24 heavy (non-hydrogen) atoms. The third-order valence-electron chi connectivity index (χ3n) is 4.59. The number of fused-ring (bicyclic) bond motifs is 3. The van der Waals surface area contributed by atoms with Gasteiger partial charge in [0, 0.05) is 18.0 Å². The maximum atomic E-state index is 12.5. The second-order valence-electron chi connectivity index (χ2n) is 6.26. The van der Waals surface area contributed by atoms with Crippen molar-refractivity contribution in [2.24, 2.45) is 5.92 Å². The molecule has 1 aliphatic rings. The lowest BCUT2D eigenvalue weighted by molar-refractivity contribution is -0.127. The molecule has 0 aromatic carbocycles. The van der Waals surface area contributed by atoms with Crippen molar-refractivity contribution >= 4 is 39.2 Å². The van der Waals surface area contributed by atoms with Gasteiger partial charge in [-0.05, 0) is 44.6 Å². The monoisotopic (exact) mass is 365 g/mol. The quantitative estimate of drug-likeness (QED) is 0.653. The minimum Gasteiger partial charge on any atom is -0.343 e. The van der Waals surface area contributed by atoms with Gasteiger partial charge in [0.25, 0.3) is 5.56 Å². The van der Waals surface area contributed by atoms with E-state index in [1.54, 1.807) is 16.2 Å². The second kappa shape index (κ2) is 7.27. The minimum absolute atomic E-state index is 0.0650. The van der Waals surface area contributed by atoms with E-state index in [4.69, 9.17) is 0 Å². The Labute approximate surface area is 149 Å². The smallest absolute Gasteiger partial charge is 0.260 e. The average molecular weight is 366 g/mol. The fraction of sp³-hybridized carbons (Fsp3) is 0.588. The van der Waals surface area contributed by atoms with Crippen molar-refractivity contribution in [1.29, 1.82) is 0 Å². The molecule has 5 nitrogen and oxygen atoms in total. The van der Waals surface area contributed by atoms with Crippen molar-refractivity contribution in [3.8, 4) is 0 Å². The molecule has 0 unspecified atom stereocenters. The number of thioether (sulfide) groups is 1. The Morgan fingerprint density at radius 1 is 1.42 bits per heavy atom. The van der Waals surface area contributed by atoms with E-state index in [1.807, 2.05) is 13.8 Å². The highest BCUT2D eigenvalue weighted by atomic mass is 32.2. The van der Waals surface area contributed by atoms with Gasteiger partial charge in [0.1, 0.15) is 4.83 Å². The summed E-state index contributed by atoms with van der Waals surface area (Å²) in [5.74, 6) is 1.05. The van der Waals surface area contributed by atoms with Crippen molar-refractivity contribution in [3.05, 3.63) is 20.8 Å². The third kappa shape index (κ3) is 3.37. The van der Waals surface area contributed by atoms with Crippen molar-refractivity contribution in [2.75, 3.05) is 18.8 Å². The van der Waals surface area contributed by atoms with Gasteiger partial charge in [-0.1, -0.05) is 18.7 Å². The highest BCUT2D eigenvalue weighted by Crippen LogP contribution is 2.36. The Kier molecular flexibility index (Phi) is 5.30. The molecule has 2 aromatic rings. The molecule has 0 bridgehead atoms. The van der Waals surface area contributed by atoms with Crippen LogP contribution in [0.5, 0.6) is 0 Å². The number of H-pyrrole nitrogens is 1. The number of aryl methyl sites for hydroxylation is 1. The van der Waals surface area contributed by atoms with Crippen molar-refractivity contribution in [1.82, 2.24) is 14.9 Å². The fourth-order valence-electron chi connectivity index (χ4n) is 3.20. The molecule has 2 aromatic heterocycles. The lowest BCUT2D eigenvalue weighted by atomic mass is 9.89. The molecule has 0 radical (unpaired) electrons. The van der Waals surface area contributed by atoms with E-state index in [9.17, 15) is 9.59 Å². The summed E-state index contributed by atoms with van der Waals surface area (Å²) in [4.78, 5) is 36.0. The molecule has 0 saturated carbocycles. The van der Waals surface area contributed by atoms with Crippen LogP contribution in [0.4, 0.5) is 0 Å². The van der Waals surface area contributed by atoms with Crippen LogP contribution in [0.15, 0.2) is 9.95 Å². The predicted molar refractivity (Wildman–Crippen MR) is 100 cm³/mol. The molecule has 0 spiro atoms. The van der Waals surface area contributed by atoms with Crippen LogP contribution in [0.1, 0.15) is 37.6 Å². The normalized spacial score (nSPS) is 17.0. The van der Waals surface area contributed by atoms with E-state index in [1.165, 1.54) is 22.2 Å². The molecule has 0 saturated heterocycles. The summed E-state index contributed by atoms with van der Waals surface area (Å²) in [6.45, 7) is 7.60. The van der Waals surface area contributed by atoms with Gasteiger partial charge in [0.05, 0.1) is 11.1 Å². The molecular weight excluding hydrogens is 342 g/mol. The number of nitrogens with zero attached hydrogens (tertiary/aromatic N) is 2. The van der Waals surface area contributed by atoms with Crippen LogP contribution in [0.25, 0.3) is 10.2 Å². The molecule has 1 aliphatic carbocycles. The Bertz CT molecular complexity index is 808. The van der Waals surface area contributed by atoms with Gasteiger partial charge in [-0.3, -0.25) is 9.59 Å². The van der Waals surface area contributed by atoms with Gasteiger partial charge >= 0.3 is 0 Å². The van der Waals surface area contributed by atoms with Crippen LogP contribution < -0.4 is 5.56 Å². The van der Waals surface area contributed by atoms with Gasteiger partial charge in [0.15, 0.2) is 5.16 Å². The maximum Gasteiger partial charge on any atom is 0.260 e. The lowest BCUT2D eigenvalue weighted by Crippen LogP contribution is -2.32. The largest absolute Gasteiger partial charge is 0.343 e. The van der Waals surface area contributed by atoms with E-state index < -0.39 is 0 Å². The summed E-state index contributed by atoms with van der Waals surface area (Å²) in [5, 5.41) is 1.31. The van der Waals surface area contributed by atoms with Crippen molar-refractivity contribution in [3.63, 3.8) is 0 Å². The van der Waals surface area contributed by atoms with Crippen LogP contribution in [0.3, 0.4) is 0 Å². The topological polar surface area (TPSA) is 66.1 Å². The molecule has 0 fully saturated rings. The Balaban J connectivity index is 1.84. The number of aromatic amines is 1. The van der Waals surface area contributed by atoms with E-state index in [-0.39, 0.29) is 11.5 Å². The first kappa shape index (κ1) is 17.5. The zero-order valence-electron chi connectivity index (χ0n) is 14.3. The number of rotatable bonds is 5. The minimum atomic E-state index is -0.0650. The third-order valence-corrected chi connectivity index (χ3v) is 6.60. The first-order valence-electron chi connectivity index (χ1n) is 8.48. The number of amides is 1. The molecule has 1 N–H and O–H groups in total. The summed E-state index contributed by atoms with van der Waals surface area (Å²) >= 11 is 2.95. The molecule has 2 heterocycles. The summed E-state index contributed by atoms with van der Waals surface area (Å²) in [7, 11) is 0. The van der Waals surface area contributed by atoms with Gasteiger partial charge in [0.2, 0.25) is 5.91 Å². The van der Waals surface area contributed by atoms with Crippen LogP contribution in [0.2, 0.25) is 0 Å². The summed E-state index contributed by atoms with van der Waals surface area (Å²) in [6, 6.07) is 0. The Morgan fingerprint density at radius 3 is 2.88 bits per heavy atom. The molecule has 1 atom stereocenters. The van der Waals surface area contributed by atoms with Gasteiger partial charge in [-0.25, -0.2) is 4.98 Å². The molecule has 7 heteroatoms. The predicted octanol–water partition coefficient (Wildman–Crippen LogP) is 3.07. The van der Waals surface area contributed by atoms with Crippen molar-refractivity contribution < 1.29 is 4.79 Å². The van der Waals surface area contributed by atoms with E-state index in [0.717, 1.165) is 29.5 Å². The first-order valence-corrected chi connectivity index (χ1v) is 10.3. The van der Waals surface area contributed by atoms with Gasteiger partial charge in [-0.15, -0.1) is 11.3 Å². The van der Waals surface area contributed by atoms with Crippen LogP contribution in [0, 0.1) is 5.92 Å². The Morgan fingerprint density at radius 2 is 2.17 bits per heavy atom. The van der Waals surface area contributed by atoms with Crippen LogP contribution in [-0.4, -0.2) is 39.6 Å². The van der Waals surface area contributed by atoms with Crippen LogP contribution >= 0.6 is 23.1 Å². The van der Waals surface area contributed by atoms with E-state index in [2.05, 4.69) is 16.9 Å². The van der Waals surface area contributed by atoms with Gasteiger partial charge in [-0.2, -0.15) is 0 Å². The number of nitrogens with one attached hydrogen (secondary N) is 1. The fourth-order valence-corrected chi connectivity index (χ4v) is 5.40. The maximum absolute atomic E-state index is 12.5. The van der Waals surface area contributed by atoms with Crippen LogP contribution in [-0.2, 0) is 17.6 Å². The first-order chi connectivity index (χ1) is 11.5. The molecular formula is C17H23N3O2S2. The SMILES string of the molecule is CCN(CC)C(=O)CSc1nc2sc3c(c2c(=O)[nH]1)CC[C@@H](C)C3. The summed E-state index contributed by atoms with van der Waals surface area (Å²) < 4.78 is 0. The summed E-state index contributed by atoms with van der Waals surface area (Å²) in [5.41, 5.74) is 1.13. The second-order valence-corrected chi connectivity index (χ2v) is 8.31. The lowest BCUT2D eigenvalue weighted by Gasteiger charge is -2.18. The number of hydrogen-bond acceptors (Lipinski definition) is 5. The Hall–Kier alpha value is -1.34. The van der Waals surface area contributed by atoms with Gasteiger partial charge < -0.3 is 9.88 Å².